The third-order valence-electron chi connectivity index (χ3n) is 4.60. The summed E-state index contributed by atoms with van der Waals surface area (Å²) in [5.41, 5.74) is 1.07. The standard InChI is InChI=1S/C19H31N3O3S/c1-4-8-15(3)21-19(23)16-9-10-17(22-12-6-7-13-22)18(14-16)26(24,25)20-11-5-2/h9-10,14-15,20H,4-8,11-13H2,1-3H3,(H,21,23)/t15-/m1/s1. The van der Waals surface area contributed by atoms with Gasteiger partial charge in [0, 0.05) is 31.2 Å². The average molecular weight is 382 g/mol. The summed E-state index contributed by atoms with van der Waals surface area (Å²) in [5.74, 6) is -0.231. The van der Waals surface area contributed by atoms with Crippen LogP contribution in [-0.4, -0.2) is 40.0 Å². The molecule has 26 heavy (non-hydrogen) atoms. The van der Waals surface area contributed by atoms with Crippen molar-refractivity contribution in [2.75, 3.05) is 24.5 Å². The zero-order valence-corrected chi connectivity index (χ0v) is 16.9. The van der Waals surface area contributed by atoms with E-state index in [1.807, 2.05) is 13.8 Å². The molecule has 0 unspecified atom stereocenters. The highest BCUT2D eigenvalue weighted by molar-refractivity contribution is 7.89. The van der Waals surface area contributed by atoms with E-state index in [9.17, 15) is 13.2 Å². The minimum atomic E-state index is -3.66. The molecule has 1 heterocycles. The SMILES string of the molecule is CCCNS(=O)(=O)c1cc(C(=O)N[C@H](C)CCC)ccc1N1CCCC1. The molecule has 1 aliphatic rings. The molecule has 146 valence electrons. The van der Waals surface area contributed by atoms with Gasteiger partial charge in [0.25, 0.3) is 5.91 Å². The number of benzene rings is 1. The summed E-state index contributed by atoms with van der Waals surface area (Å²) in [6.07, 6.45) is 4.70. The molecule has 0 aromatic heterocycles. The Bertz CT molecular complexity index is 713. The maximum atomic E-state index is 12.8. The first-order valence-electron chi connectivity index (χ1n) is 9.58. The van der Waals surface area contributed by atoms with Crippen LogP contribution in [0.4, 0.5) is 5.69 Å². The van der Waals surface area contributed by atoms with E-state index >= 15 is 0 Å². The van der Waals surface area contributed by atoms with Crippen molar-refractivity contribution in [3.8, 4) is 0 Å². The first kappa shape index (κ1) is 20.7. The van der Waals surface area contributed by atoms with Crippen molar-refractivity contribution >= 4 is 21.6 Å². The Morgan fingerprint density at radius 2 is 1.88 bits per heavy atom. The van der Waals surface area contributed by atoms with Gasteiger partial charge in [-0.05, 0) is 50.8 Å². The van der Waals surface area contributed by atoms with Gasteiger partial charge in [-0.25, -0.2) is 13.1 Å². The van der Waals surface area contributed by atoms with Crippen molar-refractivity contribution in [3.05, 3.63) is 23.8 Å². The van der Waals surface area contributed by atoms with E-state index in [2.05, 4.69) is 21.9 Å². The van der Waals surface area contributed by atoms with Gasteiger partial charge in [-0.1, -0.05) is 20.3 Å². The molecule has 1 aromatic carbocycles. The predicted octanol–water partition coefficient (Wildman–Crippen LogP) is 2.89. The topological polar surface area (TPSA) is 78.5 Å². The number of carbonyl (C=O) groups is 1. The number of sulfonamides is 1. The summed E-state index contributed by atoms with van der Waals surface area (Å²) in [4.78, 5) is 14.8. The molecule has 1 saturated heterocycles. The molecule has 0 bridgehead atoms. The number of nitrogens with zero attached hydrogens (tertiary/aromatic N) is 1. The van der Waals surface area contributed by atoms with Crippen LogP contribution in [0.2, 0.25) is 0 Å². The van der Waals surface area contributed by atoms with Gasteiger partial charge in [0.15, 0.2) is 0 Å². The molecule has 0 saturated carbocycles. The van der Waals surface area contributed by atoms with E-state index in [1.54, 1.807) is 12.1 Å². The van der Waals surface area contributed by atoms with Crippen LogP contribution in [0.5, 0.6) is 0 Å². The molecule has 7 heteroatoms. The molecule has 1 aliphatic heterocycles. The molecule has 0 spiro atoms. The van der Waals surface area contributed by atoms with Crippen molar-refractivity contribution in [2.45, 2.75) is 63.8 Å². The summed E-state index contributed by atoms with van der Waals surface area (Å²) in [7, 11) is -3.66. The fourth-order valence-electron chi connectivity index (χ4n) is 3.22. The largest absolute Gasteiger partial charge is 0.370 e. The first-order chi connectivity index (χ1) is 12.4. The second-order valence-corrected chi connectivity index (χ2v) is 8.67. The van der Waals surface area contributed by atoms with Crippen molar-refractivity contribution in [2.24, 2.45) is 0 Å². The zero-order chi connectivity index (χ0) is 19.2. The lowest BCUT2D eigenvalue weighted by Crippen LogP contribution is -2.33. The van der Waals surface area contributed by atoms with Gasteiger partial charge >= 0.3 is 0 Å². The van der Waals surface area contributed by atoms with Gasteiger partial charge in [-0.2, -0.15) is 0 Å². The monoisotopic (exact) mass is 381 g/mol. The van der Waals surface area contributed by atoms with E-state index in [0.717, 1.165) is 38.8 Å². The second-order valence-electron chi connectivity index (χ2n) is 6.94. The summed E-state index contributed by atoms with van der Waals surface area (Å²) in [5, 5.41) is 2.94. The van der Waals surface area contributed by atoms with Crippen LogP contribution in [0.3, 0.4) is 0 Å². The second kappa shape index (κ2) is 9.37. The number of amides is 1. The van der Waals surface area contributed by atoms with E-state index < -0.39 is 10.0 Å². The maximum Gasteiger partial charge on any atom is 0.251 e. The van der Waals surface area contributed by atoms with Crippen LogP contribution in [0, 0.1) is 0 Å². The van der Waals surface area contributed by atoms with E-state index in [1.165, 1.54) is 6.07 Å². The summed E-state index contributed by atoms with van der Waals surface area (Å²) < 4.78 is 28.2. The molecular weight excluding hydrogens is 350 g/mol. The number of anilines is 1. The smallest absolute Gasteiger partial charge is 0.251 e. The lowest BCUT2D eigenvalue weighted by Gasteiger charge is -2.22. The molecular formula is C19H31N3O3S. The number of hydrogen-bond donors (Lipinski definition) is 2. The van der Waals surface area contributed by atoms with E-state index in [0.29, 0.717) is 24.2 Å². The number of hydrogen-bond acceptors (Lipinski definition) is 4. The first-order valence-corrected chi connectivity index (χ1v) is 11.1. The minimum Gasteiger partial charge on any atom is -0.370 e. The number of nitrogens with one attached hydrogen (secondary N) is 2. The Morgan fingerprint density at radius 1 is 1.19 bits per heavy atom. The number of rotatable bonds is 9. The van der Waals surface area contributed by atoms with Gasteiger partial charge in [0.1, 0.15) is 4.90 Å². The van der Waals surface area contributed by atoms with Crippen LogP contribution in [-0.2, 0) is 10.0 Å². The normalized spacial score (nSPS) is 15.9. The van der Waals surface area contributed by atoms with E-state index in [-0.39, 0.29) is 16.8 Å². The lowest BCUT2D eigenvalue weighted by molar-refractivity contribution is 0.0938. The van der Waals surface area contributed by atoms with Crippen LogP contribution in [0.15, 0.2) is 23.1 Å². The number of carbonyl (C=O) groups excluding carboxylic acids is 1. The molecule has 1 atom stereocenters. The fraction of sp³-hybridized carbons (Fsp3) is 0.632. The molecule has 1 amide bonds. The third kappa shape index (κ3) is 5.20. The van der Waals surface area contributed by atoms with Crippen molar-refractivity contribution in [3.63, 3.8) is 0 Å². The van der Waals surface area contributed by atoms with Gasteiger partial charge in [-0.15, -0.1) is 0 Å². The maximum absolute atomic E-state index is 12.8. The van der Waals surface area contributed by atoms with Crippen molar-refractivity contribution < 1.29 is 13.2 Å². The molecule has 6 nitrogen and oxygen atoms in total. The fourth-order valence-corrected chi connectivity index (χ4v) is 4.60. The average Bonchev–Trinajstić information content (AvgIpc) is 3.14. The van der Waals surface area contributed by atoms with Gasteiger partial charge in [0.05, 0.1) is 5.69 Å². The predicted molar refractivity (Wildman–Crippen MR) is 105 cm³/mol. The molecule has 0 aliphatic carbocycles. The Kier molecular flexibility index (Phi) is 7.46. The third-order valence-corrected chi connectivity index (χ3v) is 6.09. The zero-order valence-electron chi connectivity index (χ0n) is 16.0. The molecule has 0 radical (unpaired) electrons. The highest BCUT2D eigenvalue weighted by Gasteiger charge is 2.25. The Balaban J connectivity index is 2.35. The Morgan fingerprint density at radius 3 is 2.50 bits per heavy atom. The summed E-state index contributed by atoms with van der Waals surface area (Å²) in [6.45, 7) is 8.01. The summed E-state index contributed by atoms with van der Waals surface area (Å²) in [6, 6.07) is 5.06. The van der Waals surface area contributed by atoms with Gasteiger partial charge in [0.2, 0.25) is 10.0 Å². The van der Waals surface area contributed by atoms with Gasteiger partial charge < -0.3 is 10.2 Å². The molecule has 1 fully saturated rings. The summed E-state index contributed by atoms with van der Waals surface area (Å²) >= 11 is 0. The highest BCUT2D eigenvalue weighted by atomic mass is 32.2. The van der Waals surface area contributed by atoms with Crippen LogP contribution in [0.1, 0.15) is 63.2 Å². The quantitative estimate of drug-likeness (QED) is 0.689. The van der Waals surface area contributed by atoms with Crippen LogP contribution >= 0.6 is 0 Å². The van der Waals surface area contributed by atoms with Gasteiger partial charge in [-0.3, -0.25) is 4.79 Å². The van der Waals surface area contributed by atoms with Crippen molar-refractivity contribution in [1.29, 1.82) is 0 Å². The minimum absolute atomic E-state index is 0.0593. The highest BCUT2D eigenvalue weighted by Crippen LogP contribution is 2.29. The lowest BCUT2D eigenvalue weighted by atomic mass is 10.1. The molecule has 1 aromatic rings. The Hall–Kier alpha value is -1.60. The molecule has 2 rings (SSSR count). The van der Waals surface area contributed by atoms with Crippen LogP contribution < -0.4 is 14.9 Å². The van der Waals surface area contributed by atoms with E-state index in [4.69, 9.17) is 0 Å². The van der Waals surface area contributed by atoms with Crippen molar-refractivity contribution in [1.82, 2.24) is 10.0 Å². The Labute approximate surface area is 157 Å². The van der Waals surface area contributed by atoms with Crippen LogP contribution in [0.25, 0.3) is 0 Å². The molecule has 2 N–H and O–H groups in total.